The van der Waals surface area contributed by atoms with Crippen molar-refractivity contribution < 1.29 is 23.9 Å². The fourth-order valence-corrected chi connectivity index (χ4v) is 0.854. The zero-order valence-electron chi connectivity index (χ0n) is 10.5. The Kier molecular flexibility index (Phi) is 7.92. The highest BCUT2D eigenvalue weighted by Gasteiger charge is 2.03. The Morgan fingerprint density at radius 1 is 1.22 bits per heavy atom. The molecule has 0 aliphatic heterocycles. The largest absolute Gasteiger partial charge is 0.461 e. The number of hydrogen-bond acceptors (Lipinski definition) is 5. The minimum atomic E-state index is -0.677. The summed E-state index contributed by atoms with van der Waals surface area (Å²) in [4.78, 5) is 32.9. The van der Waals surface area contributed by atoms with Crippen LogP contribution >= 0.6 is 0 Å². The van der Waals surface area contributed by atoms with Crippen LogP contribution < -0.4 is 5.32 Å². The second kappa shape index (κ2) is 8.98. The van der Waals surface area contributed by atoms with Gasteiger partial charge >= 0.3 is 11.9 Å². The van der Waals surface area contributed by atoms with Gasteiger partial charge in [-0.05, 0) is 19.9 Å². The smallest absolute Gasteiger partial charge is 0.331 e. The van der Waals surface area contributed by atoms with Crippen molar-refractivity contribution in [3.63, 3.8) is 0 Å². The third kappa shape index (κ3) is 9.14. The lowest BCUT2D eigenvalue weighted by Crippen LogP contribution is -2.25. The quantitative estimate of drug-likeness (QED) is 0.403. The molecule has 6 nitrogen and oxygen atoms in total. The van der Waals surface area contributed by atoms with Gasteiger partial charge in [-0.1, -0.05) is 6.58 Å². The summed E-state index contributed by atoms with van der Waals surface area (Å²) in [7, 11) is 0. The Bertz CT molecular complexity index is 346. The fraction of sp³-hybridized carbons (Fsp3) is 0.417. The standard InChI is InChI=1S/C12H17NO5/c1-4-10(14)13-7-8-17-11(15)5-6-12(16)18-9(2)3/h4-6,9H,1,7-8H2,2-3H3,(H,13,14)/b6-5+. The van der Waals surface area contributed by atoms with Crippen LogP contribution in [0.3, 0.4) is 0 Å². The lowest BCUT2D eigenvalue weighted by Gasteiger charge is -2.04. The molecule has 0 aromatic rings. The van der Waals surface area contributed by atoms with Crippen LogP contribution in [0.15, 0.2) is 24.8 Å². The highest BCUT2D eigenvalue weighted by molar-refractivity contribution is 5.91. The van der Waals surface area contributed by atoms with Gasteiger partial charge in [-0.2, -0.15) is 0 Å². The Hall–Kier alpha value is -2.11. The van der Waals surface area contributed by atoms with Crippen LogP contribution in [-0.4, -0.2) is 37.1 Å². The maximum atomic E-state index is 11.1. The predicted octanol–water partition coefficient (Wildman–Crippen LogP) is 0.340. The van der Waals surface area contributed by atoms with Crippen molar-refractivity contribution >= 4 is 17.8 Å². The Labute approximate surface area is 106 Å². The van der Waals surface area contributed by atoms with Crippen molar-refractivity contribution in [2.75, 3.05) is 13.2 Å². The van der Waals surface area contributed by atoms with Gasteiger partial charge < -0.3 is 14.8 Å². The van der Waals surface area contributed by atoms with Crippen LogP contribution in [0.4, 0.5) is 0 Å². The first kappa shape index (κ1) is 15.9. The molecule has 1 amide bonds. The van der Waals surface area contributed by atoms with Gasteiger partial charge in [0.1, 0.15) is 6.61 Å². The van der Waals surface area contributed by atoms with Crippen molar-refractivity contribution in [3.05, 3.63) is 24.8 Å². The molecule has 1 N–H and O–H groups in total. The second-order valence-electron chi connectivity index (χ2n) is 3.48. The summed E-state index contributed by atoms with van der Waals surface area (Å²) in [6.45, 7) is 6.86. The van der Waals surface area contributed by atoms with E-state index in [9.17, 15) is 14.4 Å². The van der Waals surface area contributed by atoms with Crippen molar-refractivity contribution in [2.24, 2.45) is 0 Å². The molecule has 0 aliphatic carbocycles. The molecule has 100 valence electrons. The predicted molar refractivity (Wildman–Crippen MR) is 64.5 cm³/mol. The zero-order valence-corrected chi connectivity index (χ0v) is 10.5. The van der Waals surface area contributed by atoms with E-state index in [1.165, 1.54) is 0 Å². The first-order valence-electron chi connectivity index (χ1n) is 5.41. The summed E-state index contributed by atoms with van der Waals surface area (Å²) >= 11 is 0. The van der Waals surface area contributed by atoms with Crippen molar-refractivity contribution in [1.29, 1.82) is 0 Å². The van der Waals surface area contributed by atoms with Crippen LogP contribution in [0.25, 0.3) is 0 Å². The Morgan fingerprint density at radius 2 is 1.83 bits per heavy atom. The normalized spacial score (nSPS) is 10.2. The fourth-order valence-electron chi connectivity index (χ4n) is 0.854. The van der Waals surface area contributed by atoms with Crippen LogP contribution in [-0.2, 0) is 23.9 Å². The maximum absolute atomic E-state index is 11.1. The van der Waals surface area contributed by atoms with Gasteiger partial charge in [0, 0.05) is 12.2 Å². The van der Waals surface area contributed by atoms with E-state index in [1.54, 1.807) is 13.8 Å². The molecule has 0 unspecified atom stereocenters. The van der Waals surface area contributed by atoms with E-state index in [1.807, 2.05) is 0 Å². The minimum absolute atomic E-state index is 0.0159. The van der Waals surface area contributed by atoms with Gasteiger partial charge in [0.15, 0.2) is 0 Å². The van der Waals surface area contributed by atoms with Crippen molar-refractivity contribution in [2.45, 2.75) is 20.0 Å². The lowest BCUT2D eigenvalue weighted by molar-refractivity contribution is -0.142. The van der Waals surface area contributed by atoms with E-state index in [-0.39, 0.29) is 25.2 Å². The number of nitrogens with one attached hydrogen (secondary N) is 1. The molecular weight excluding hydrogens is 238 g/mol. The maximum Gasteiger partial charge on any atom is 0.331 e. The van der Waals surface area contributed by atoms with Gasteiger partial charge in [0.25, 0.3) is 0 Å². The number of esters is 2. The first-order chi connectivity index (χ1) is 8.45. The molecule has 0 atom stereocenters. The van der Waals surface area contributed by atoms with Gasteiger partial charge in [-0.15, -0.1) is 0 Å². The minimum Gasteiger partial charge on any atom is -0.461 e. The molecule has 0 aromatic carbocycles. The number of amides is 1. The number of hydrogen-bond donors (Lipinski definition) is 1. The summed E-state index contributed by atoms with van der Waals surface area (Å²) in [5, 5.41) is 2.43. The molecule has 18 heavy (non-hydrogen) atoms. The van der Waals surface area contributed by atoms with E-state index in [2.05, 4.69) is 11.9 Å². The average molecular weight is 255 g/mol. The molecule has 0 rings (SSSR count). The van der Waals surface area contributed by atoms with E-state index in [4.69, 9.17) is 9.47 Å². The summed E-state index contributed by atoms with van der Waals surface area (Å²) in [5.41, 5.74) is 0. The van der Waals surface area contributed by atoms with Crippen LogP contribution in [0.1, 0.15) is 13.8 Å². The van der Waals surface area contributed by atoms with Crippen LogP contribution in [0.5, 0.6) is 0 Å². The SMILES string of the molecule is C=CC(=O)NCCOC(=O)/C=C/C(=O)OC(C)C. The Balaban J connectivity index is 3.77. The summed E-state index contributed by atoms with van der Waals surface area (Å²) in [6, 6.07) is 0. The topological polar surface area (TPSA) is 81.7 Å². The van der Waals surface area contributed by atoms with Gasteiger partial charge in [-0.3, -0.25) is 4.79 Å². The molecule has 0 aromatic heterocycles. The van der Waals surface area contributed by atoms with Crippen molar-refractivity contribution in [3.8, 4) is 0 Å². The Morgan fingerprint density at radius 3 is 2.39 bits per heavy atom. The lowest BCUT2D eigenvalue weighted by atomic mass is 10.4. The molecule has 0 bridgehead atoms. The molecule has 6 heteroatoms. The van der Waals surface area contributed by atoms with Crippen LogP contribution in [0.2, 0.25) is 0 Å². The molecule has 0 radical (unpaired) electrons. The molecule has 0 saturated heterocycles. The monoisotopic (exact) mass is 255 g/mol. The van der Waals surface area contributed by atoms with Gasteiger partial charge in [-0.25, -0.2) is 9.59 Å². The highest BCUT2D eigenvalue weighted by atomic mass is 16.5. The number of ether oxygens (including phenoxy) is 2. The molecular formula is C12H17NO5. The van der Waals surface area contributed by atoms with E-state index in [0.717, 1.165) is 18.2 Å². The highest BCUT2D eigenvalue weighted by Crippen LogP contribution is 1.91. The number of carbonyl (C=O) groups excluding carboxylic acids is 3. The summed E-state index contributed by atoms with van der Waals surface area (Å²) < 4.78 is 9.48. The van der Waals surface area contributed by atoms with Crippen LogP contribution in [0, 0.1) is 0 Å². The van der Waals surface area contributed by atoms with E-state index >= 15 is 0 Å². The second-order valence-corrected chi connectivity index (χ2v) is 3.48. The number of rotatable bonds is 7. The molecule has 0 spiro atoms. The van der Waals surface area contributed by atoms with Gasteiger partial charge in [0.05, 0.1) is 12.6 Å². The van der Waals surface area contributed by atoms with Crippen molar-refractivity contribution in [1.82, 2.24) is 5.32 Å². The third-order valence-electron chi connectivity index (χ3n) is 1.54. The molecule has 0 heterocycles. The van der Waals surface area contributed by atoms with Gasteiger partial charge in [0.2, 0.25) is 5.91 Å². The average Bonchev–Trinajstić information content (AvgIpc) is 2.30. The molecule has 0 aliphatic rings. The third-order valence-corrected chi connectivity index (χ3v) is 1.54. The first-order valence-corrected chi connectivity index (χ1v) is 5.41. The van der Waals surface area contributed by atoms with E-state index in [0.29, 0.717) is 0 Å². The van der Waals surface area contributed by atoms with E-state index < -0.39 is 11.9 Å². The zero-order chi connectivity index (χ0) is 14.0. The molecule has 0 saturated carbocycles. The summed E-state index contributed by atoms with van der Waals surface area (Å²) in [6.07, 6.45) is 2.83. The summed E-state index contributed by atoms with van der Waals surface area (Å²) in [5.74, 6) is -1.63. The number of carbonyl (C=O) groups is 3. The molecule has 0 fully saturated rings.